The van der Waals surface area contributed by atoms with Crippen LogP contribution in [0.2, 0.25) is 0 Å². The molecule has 1 aromatic heterocycles. The van der Waals surface area contributed by atoms with Gasteiger partial charge in [0.1, 0.15) is 6.33 Å². The van der Waals surface area contributed by atoms with Gasteiger partial charge in [0.05, 0.1) is 0 Å². The van der Waals surface area contributed by atoms with E-state index < -0.39 is 0 Å². The van der Waals surface area contributed by atoms with Crippen molar-refractivity contribution < 1.29 is 0 Å². The third kappa shape index (κ3) is 4.68. The standard InChI is InChI=1S/C12H24N4S/c1-6-7-13-10(12(2,3)4)8-17-11-14-9-15-16(11)5/h9-10,13H,6-8H2,1-5H3. The zero-order valence-corrected chi connectivity index (χ0v) is 12.3. The van der Waals surface area contributed by atoms with Gasteiger partial charge in [-0.15, -0.1) is 0 Å². The highest BCUT2D eigenvalue weighted by Gasteiger charge is 2.24. The maximum atomic E-state index is 4.24. The van der Waals surface area contributed by atoms with E-state index in [-0.39, 0.29) is 5.41 Å². The molecule has 1 aromatic rings. The first-order valence-corrected chi connectivity index (χ1v) is 7.14. The molecule has 0 aliphatic rings. The van der Waals surface area contributed by atoms with Crippen molar-refractivity contribution in [2.45, 2.75) is 45.3 Å². The maximum Gasteiger partial charge on any atom is 0.185 e. The average molecular weight is 256 g/mol. The van der Waals surface area contributed by atoms with Crippen LogP contribution in [0, 0.1) is 5.41 Å². The molecule has 1 heterocycles. The van der Waals surface area contributed by atoms with Gasteiger partial charge in [-0.1, -0.05) is 39.5 Å². The molecule has 0 saturated heterocycles. The van der Waals surface area contributed by atoms with Gasteiger partial charge in [0, 0.05) is 18.8 Å². The van der Waals surface area contributed by atoms with Gasteiger partial charge in [-0.2, -0.15) is 5.10 Å². The molecule has 0 fully saturated rings. The molecular weight excluding hydrogens is 232 g/mol. The molecule has 0 amide bonds. The van der Waals surface area contributed by atoms with Crippen molar-refractivity contribution >= 4 is 11.8 Å². The Balaban J connectivity index is 2.52. The van der Waals surface area contributed by atoms with Crippen LogP contribution >= 0.6 is 11.8 Å². The van der Waals surface area contributed by atoms with Crippen LogP contribution in [0.3, 0.4) is 0 Å². The lowest BCUT2D eigenvalue weighted by Gasteiger charge is -2.31. The highest BCUT2D eigenvalue weighted by molar-refractivity contribution is 7.99. The minimum atomic E-state index is 0.265. The number of hydrogen-bond donors (Lipinski definition) is 1. The van der Waals surface area contributed by atoms with E-state index in [0.717, 1.165) is 17.5 Å². The van der Waals surface area contributed by atoms with Crippen molar-refractivity contribution in [2.24, 2.45) is 12.5 Å². The van der Waals surface area contributed by atoms with Crippen LogP contribution < -0.4 is 5.32 Å². The summed E-state index contributed by atoms with van der Waals surface area (Å²) >= 11 is 1.77. The van der Waals surface area contributed by atoms with Gasteiger partial charge in [0.15, 0.2) is 5.16 Å². The van der Waals surface area contributed by atoms with E-state index in [0.29, 0.717) is 6.04 Å². The Labute approximate surface area is 109 Å². The lowest BCUT2D eigenvalue weighted by molar-refractivity contribution is 0.291. The van der Waals surface area contributed by atoms with Crippen molar-refractivity contribution in [1.82, 2.24) is 20.1 Å². The molecule has 1 rings (SSSR count). The Morgan fingerprint density at radius 1 is 1.47 bits per heavy atom. The van der Waals surface area contributed by atoms with E-state index >= 15 is 0 Å². The van der Waals surface area contributed by atoms with E-state index in [1.807, 2.05) is 11.7 Å². The van der Waals surface area contributed by atoms with E-state index in [9.17, 15) is 0 Å². The molecule has 0 bridgehead atoms. The smallest absolute Gasteiger partial charge is 0.185 e. The largest absolute Gasteiger partial charge is 0.313 e. The molecule has 1 atom stereocenters. The van der Waals surface area contributed by atoms with Crippen LogP contribution in [0.25, 0.3) is 0 Å². The second-order valence-corrected chi connectivity index (χ2v) is 6.34. The zero-order valence-electron chi connectivity index (χ0n) is 11.5. The normalized spacial score (nSPS) is 13.9. The summed E-state index contributed by atoms with van der Waals surface area (Å²) in [7, 11) is 1.93. The van der Waals surface area contributed by atoms with Crippen LogP contribution in [0.4, 0.5) is 0 Å². The Morgan fingerprint density at radius 3 is 2.65 bits per heavy atom. The summed E-state index contributed by atoms with van der Waals surface area (Å²) < 4.78 is 1.82. The molecule has 0 aliphatic heterocycles. The molecule has 98 valence electrons. The number of nitrogens with zero attached hydrogens (tertiary/aromatic N) is 3. The Bertz CT molecular complexity index is 329. The SMILES string of the molecule is CCCNC(CSc1ncnn1C)C(C)(C)C. The van der Waals surface area contributed by atoms with Gasteiger partial charge >= 0.3 is 0 Å². The third-order valence-corrected chi connectivity index (χ3v) is 3.86. The molecule has 0 saturated carbocycles. The van der Waals surface area contributed by atoms with Gasteiger partial charge in [-0.05, 0) is 18.4 Å². The number of rotatable bonds is 6. The Morgan fingerprint density at radius 2 is 2.18 bits per heavy atom. The van der Waals surface area contributed by atoms with Crippen LogP contribution in [0.1, 0.15) is 34.1 Å². The Hall–Kier alpha value is -0.550. The molecule has 0 spiro atoms. The summed E-state index contributed by atoms with van der Waals surface area (Å²) in [5, 5.41) is 8.68. The molecule has 1 unspecified atom stereocenters. The molecule has 17 heavy (non-hydrogen) atoms. The number of hydrogen-bond acceptors (Lipinski definition) is 4. The van der Waals surface area contributed by atoms with Crippen LogP contribution in [-0.2, 0) is 7.05 Å². The van der Waals surface area contributed by atoms with E-state index in [4.69, 9.17) is 0 Å². The highest BCUT2D eigenvalue weighted by atomic mass is 32.2. The highest BCUT2D eigenvalue weighted by Crippen LogP contribution is 2.25. The lowest BCUT2D eigenvalue weighted by Crippen LogP contribution is -2.42. The van der Waals surface area contributed by atoms with Crippen molar-refractivity contribution in [2.75, 3.05) is 12.3 Å². The average Bonchev–Trinajstić information content (AvgIpc) is 2.62. The van der Waals surface area contributed by atoms with Gasteiger partial charge in [0.25, 0.3) is 0 Å². The lowest BCUT2D eigenvalue weighted by atomic mass is 9.88. The topological polar surface area (TPSA) is 42.7 Å². The van der Waals surface area contributed by atoms with Crippen molar-refractivity contribution in [3.63, 3.8) is 0 Å². The van der Waals surface area contributed by atoms with Crippen molar-refractivity contribution in [3.05, 3.63) is 6.33 Å². The molecule has 0 aromatic carbocycles. The predicted molar refractivity (Wildman–Crippen MR) is 73.3 cm³/mol. The number of aromatic nitrogens is 3. The zero-order chi connectivity index (χ0) is 12.9. The summed E-state index contributed by atoms with van der Waals surface area (Å²) in [6, 6.07) is 0.490. The summed E-state index contributed by atoms with van der Waals surface area (Å²) in [4.78, 5) is 4.24. The number of thioether (sulfide) groups is 1. The minimum absolute atomic E-state index is 0.265. The van der Waals surface area contributed by atoms with E-state index in [1.54, 1.807) is 18.1 Å². The van der Waals surface area contributed by atoms with Crippen LogP contribution in [0.15, 0.2) is 11.5 Å². The molecule has 1 N–H and O–H groups in total. The fourth-order valence-corrected chi connectivity index (χ4v) is 2.80. The molecular formula is C12H24N4S. The second kappa shape index (κ2) is 6.40. The summed E-state index contributed by atoms with van der Waals surface area (Å²) in [5.74, 6) is 1.02. The first kappa shape index (κ1) is 14.5. The molecule has 0 aliphatic carbocycles. The quantitative estimate of drug-likeness (QED) is 0.793. The van der Waals surface area contributed by atoms with Gasteiger partial charge in [0.2, 0.25) is 0 Å². The summed E-state index contributed by atoms with van der Waals surface area (Å²) in [6.07, 6.45) is 2.77. The fourth-order valence-electron chi connectivity index (χ4n) is 1.51. The van der Waals surface area contributed by atoms with E-state index in [1.165, 1.54) is 6.42 Å². The summed E-state index contributed by atoms with van der Waals surface area (Å²) in [5.41, 5.74) is 0.265. The second-order valence-electron chi connectivity index (χ2n) is 5.35. The first-order chi connectivity index (χ1) is 7.95. The molecule has 0 radical (unpaired) electrons. The molecule has 5 heteroatoms. The van der Waals surface area contributed by atoms with Gasteiger partial charge in [-0.25, -0.2) is 9.67 Å². The predicted octanol–water partition coefficient (Wildman–Crippen LogP) is 2.32. The third-order valence-electron chi connectivity index (χ3n) is 2.74. The molecule has 4 nitrogen and oxygen atoms in total. The fraction of sp³-hybridized carbons (Fsp3) is 0.833. The van der Waals surface area contributed by atoms with Crippen molar-refractivity contribution in [3.8, 4) is 0 Å². The van der Waals surface area contributed by atoms with E-state index in [2.05, 4.69) is 43.1 Å². The first-order valence-electron chi connectivity index (χ1n) is 6.15. The maximum absolute atomic E-state index is 4.24. The Kier molecular flexibility index (Phi) is 5.46. The number of aryl methyl sites for hydroxylation is 1. The van der Waals surface area contributed by atoms with Gasteiger partial charge in [-0.3, -0.25) is 0 Å². The van der Waals surface area contributed by atoms with Crippen LogP contribution in [0.5, 0.6) is 0 Å². The van der Waals surface area contributed by atoms with Crippen LogP contribution in [-0.4, -0.2) is 33.1 Å². The monoisotopic (exact) mass is 256 g/mol. The van der Waals surface area contributed by atoms with Crippen molar-refractivity contribution in [1.29, 1.82) is 0 Å². The number of nitrogens with one attached hydrogen (secondary N) is 1. The van der Waals surface area contributed by atoms with Gasteiger partial charge < -0.3 is 5.32 Å². The summed E-state index contributed by atoms with van der Waals surface area (Å²) in [6.45, 7) is 10.1. The minimum Gasteiger partial charge on any atom is -0.313 e.